The van der Waals surface area contributed by atoms with E-state index in [1.807, 2.05) is 53.4 Å². The number of aromatic nitrogens is 4. The van der Waals surface area contributed by atoms with Crippen LogP contribution in [0.4, 0.5) is 10.9 Å². The summed E-state index contributed by atoms with van der Waals surface area (Å²) in [5.41, 5.74) is 2.74. The number of thiazole rings is 1. The second-order valence-corrected chi connectivity index (χ2v) is 8.74. The maximum atomic E-state index is 12.9. The summed E-state index contributed by atoms with van der Waals surface area (Å²) in [5.74, 6) is 1.20. The molecule has 4 aromatic rings. The van der Waals surface area contributed by atoms with E-state index < -0.39 is 0 Å². The molecule has 7 nitrogen and oxygen atoms in total. The first-order valence-corrected chi connectivity index (χ1v) is 11.6. The number of carbonyl (C=O) groups is 1. The van der Waals surface area contributed by atoms with Crippen LogP contribution in [0.2, 0.25) is 0 Å². The Hall–Kier alpha value is -3.52. The third kappa shape index (κ3) is 4.55. The number of pyridine rings is 2. The lowest BCUT2D eigenvalue weighted by molar-refractivity contribution is 0.101. The van der Waals surface area contributed by atoms with Crippen molar-refractivity contribution in [2.75, 3.05) is 23.3 Å². The number of carbonyl (C=O) groups excluding carboxylic acids is 1. The van der Waals surface area contributed by atoms with Gasteiger partial charge in [-0.2, -0.15) is 0 Å². The van der Waals surface area contributed by atoms with Gasteiger partial charge in [-0.05, 0) is 54.8 Å². The van der Waals surface area contributed by atoms with Crippen molar-refractivity contribution in [1.82, 2.24) is 19.5 Å². The van der Waals surface area contributed by atoms with Crippen molar-refractivity contribution in [1.29, 1.82) is 0 Å². The molecule has 0 aliphatic carbocycles. The van der Waals surface area contributed by atoms with Crippen molar-refractivity contribution in [2.45, 2.75) is 25.3 Å². The summed E-state index contributed by atoms with van der Waals surface area (Å²) in [4.78, 5) is 28.5. The number of rotatable bonds is 6. The van der Waals surface area contributed by atoms with E-state index in [-0.39, 0.29) is 5.91 Å². The molecule has 1 aliphatic rings. The van der Waals surface area contributed by atoms with Crippen LogP contribution in [0.3, 0.4) is 0 Å². The molecule has 5 rings (SSSR count). The van der Waals surface area contributed by atoms with Gasteiger partial charge in [0.05, 0.1) is 5.69 Å². The van der Waals surface area contributed by atoms with E-state index in [0.717, 1.165) is 43.0 Å². The summed E-state index contributed by atoms with van der Waals surface area (Å²) < 4.78 is 1.94. The van der Waals surface area contributed by atoms with E-state index in [1.165, 1.54) is 11.3 Å². The first kappa shape index (κ1) is 20.4. The maximum absolute atomic E-state index is 12.9. The van der Waals surface area contributed by atoms with Crippen LogP contribution in [0.25, 0.3) is 0 Å². The van der Waals surface area contributed by atoms with Gasteiger partial charge in [0.2, 0.25) is 0 Å². The Balaban J connectivity index is 1.25. The SMILES string of the molecule is O=C(Nc1nc([C@@H]2CCCN(c3ccccn3)C2)cs1)c1cccn1Cc1ccncc1. The quantitative estimate of drug-likeness (QED) is 0.476. The minimum atomic E-state index is -0.149. The highest BCUT2D eigenvalue weighted by Crippen LogP contribution is 2.31. The lowest BCUT2D eigenvalue weighted by atomic mass is 9.95. The minimum absolute atomic E-state index is 0.149. The van der Waals surface area contributed by atoms with E-state index >= 15 is 0 Å². The van der Waals surface area contributed by atoms with Crippen molar-refractivity contribution in [2.24, 2.45) is 0 Å². The lowest BCUT2D eigenvalue weighted by Gasteiger charge is -2.32. The fourth-order valence-electron chi connectivity index (χ4n) is 4.10. The van der Waals surface area contributed by atoms with Gasteiger partial charge in [-0.1, -0.05) is 6.07 Å². The topological polar surface area (TPSA) is 75.9 Å². The molecule has 0 unspecified atom stereocenters. The number of hydrogen-bond donors (Lipinski definition) is 1. The van der Waals surface area contributed by atoms with Gasteiger partial charge in [-0.15, -0.1) is 11.3 Å². The Morgan fingerprint density at radius 3 is 2.88 bits per heavy atom. The summed E-state index contributed by atoms with van der Waals surface area (Å²) in [6, 6.07) is 13.6. The summed E-state index contributed by atoms with van der Waals surface area (Å²) in [6.07, 6.45) is 9.46. The van der Waals surface area contributed by atoms with Crippen LogP contribution in [0, 0.1) is 0 Å². The average Bonchev–Trinajstić information content (AvgIpc) is 3.50. The highest BCUT2D eigenvalue weighted by atomic mass is 32.1. The minimum Gasteiger partial charge on any atom is -0.356 e. The zero-order valence-corrected chi connectivity index (χ0v) is 18.4. The van der Waals surface area contributed by atoms with Crippen molar-refractivity contribution < 1.29 is 4.79 Å². The van der Waals surface area contributed by atoms with Crippen LogP contribution in [0.5, 0.6) is 0 Å². The van der Waals surface area contributed by atoms with Crippen LogP contribution >= 0.6 is 11.3 Å². The Bertz CT molecular complexity index is 1170. The molecule has 0 spiro atoms. The molecule has 32 heavy (non-hydrogen) atoms. The number of hydrogen-bond acceptors (Lipinski definition) is 6. The Labute approximate surface area is 190 Å². The molecule has 0 bridgehead atoms. The molecule has 4 aromatic heterocycles. The summed E-state index contributed by atoms with van der Waals surface area (Å²) in [7, 11) is 0. The van der Waals surface area contributed by atoms with Crippen LogP contribution in [-0.2, 0) is 6.54 Å². The molecule has 1 saturated heterocycles. The number of nitrogens with one attached hydrogen (secondary N) is 1. The van der Waals surface area contributed by atoms with Crippen molar-refractivity contribution in [3.8, 4) is 0 Å². The van der Waals surface area contributed by atoms with Crippen LogP contribution in [-0.4, -0.2) is 38.5 Å². The third-order valence-electron chi connectivity index (χ3n) is 5.72. The molecule has 1 N–H and O–H groups in total. The van der Waals surface area contributed by atoms with Gasteiger partial charge in [0.15, 0.2) is 5.13 Å². The first-order chi connectivity index (χ1) is 15.8. The smallest absolute Gasteiger partial charge is 0.274 e. The predicted molar refractivity (Wildman–Crippen MR) is 126 cm³/mol. The van der Waals surface area contributed by atoms with E-state index in [2.05, 4.69) is 31.6 Å². The van der Waals surface area contributed by atoms with E-state index in [4.69, 9.17) is 4.98 Å². The second kappa shape index (κ2) is 9.32. The lowest BCUT2D eigenvalue weighted by Crippen LogP contribution is -2.35. The van der Waals surface area contributed by atoms with Crippen molar-refractivity contribution >= 4 is 28.2 Å². The highest BCUT2D eigenvalue weighted by molar-refractivity contribution is 7.14. The molecule has 0 aromatic carbocycles. The van der Waals surface area contributed by atoms with Gasteiger partial charge in [0.25, 0.3) is 5.91 Å². The molecule has 0 saturated carbocycles. The molecular formula is C24H24N6OS. The summed E-state index contributed by atoms with van der Waals surface area (Å²) in [6.45, 7) is 2.52. The number of amides is 1. The van der Waals surface area contributed by atoms with Gasteiger partial charge in [-0.25, -0.2) is 9.97 Å². The molecule has 1 fully saturated rings. The molecule has 1 aliphatic heterocycles. The maximum Gasteiger partial charge on any atom is 0.274 e. The van der Waals surface area contributed by atoms with Gasteiger partial charge in [0, 0.05) is 55.7 Å². The van der Waals surface area contributed by atoms with Crippen LogP contribution in [0.15, 0.2) is 72.6 Å². The Morgan fingerprint density at radius 2 is 2.03 bits per heavy atom. The standard InChI is InChI=1S/C24H24N6OS/c31-23(21-6-4-13-29(21)15-18-8-11-25-12-9-18)28-24-27-20(17-32-24)19-5-3-14-30(16-19)22-7-1-2-10-26-22/h1-2,4,6-13,17,19H,3,5,14-16H2,(H,27,28,31)/t19-/m1/s1. The van der Waals surface area contributed by atoms with Crippen molar-refractivity contribution in [3.05, 3.63) is 89.6 Å². The van der Waals surface area contributed by atoms with Crippen LogP contribution in [0.1, 0.15) is 40.5 Å². The van der Waals surface area contributed by atoms with Gasteiger partial charge in [-0.3, -0.25) is 15.1 Å². The third-order valence-corrected chi connectivity index (χ3v) is 6.50. The monoisotopic (exact) mass is 444 g/mol. The van der Waals surface area contributed by atoms with Gasteiger partial charge >= 0.3 is 0 Å². The molecule has 5 heterocycles. The Morgan fingerprint density at radius 1 is 1.12 bits per heavy atom. The molecule has 0 radical (unpaired) electrons. The number of anilines is 2. The summed E-state index contributed by atoms with van der Waals surface area (Å²) in [5, 5.41) is 5.69. The molecule has 8 heteroatoms. The highest BCUT2D eigenvalue weighted by Gasteiger charge is 2.24. The predicted octanol–water partition coefficient (Wildman–Crippen LogP) is 4.42. The largest absolute Gasteiger partial charge is 0.356 e. The average molecular weight is 445 g/mol. The van der Waals surface area contributed by atoms with Crippen molar-refractivity contribution in [3.63, 3.8) is 0 Å². The molecule has 1 amide bonds. The number of nitrogens with zero attached hydrogens (tertiary/aromatic N) is 5. The van der Waals surface area contributed by atoms with Gasteiger partial charge in [0.1, 0.15) is 11.5 Å². The fourth-order valence-corrected chi connectivity index (χ4v) is 4.89. The zero-order chi connectivity index (χ0) is 21.8. The zero-order valence-electron chi connectivity index (χ0n) is 17.6. The molecular weight excluding hydrogens is 420 g/mol. The van der Waals surface area contributed by atoms with Gasteiger partial charge < -0.3 is 9.47 Å². The fraction of sp³-hybridized carbons (Fsp3) is 0.250. The second-order valence-electron chi connectivity index (χ2n) is 7.88. The Kier molecular flexibility index (Phi) is 5.93. The van der Waals surface area contributed by atoms with E-state index in [0.29, 0.717) is 23.3 Å². The van der Waals surface area contributed by atoms with E-state index in [1.54, 1.807) is 12.4 Å². The summed E-state index contributed by atoms with van der Waals surface area (Å²) >= 11 is 1.48. The van der Waals surface area contributed by atoms with E-state index in [9.17, 15) is 4.79 Å². The molecule has 162 valence electrons. The number of piperidine rings is 1. The normalized spacial score (nSPS) is 16.1. The first-order valence-electron chi connectivity index (χ1n) is 10.7. The van der Waals surface area contributed by atoms with Crippen LogP contribution < -0.4 is 10.2 Å². The molecule has 1 atom stereocenters.